The van der Waals surface area contributed by atoms with Crippen LogP contribution in [-0.2, 0) is 5.60 Å². The van der Waals surface area contributed by atoms with Gasteiger partial charge in [-0.05, 0) is 55.2 Å². The van der Waals surface area contributed by atoms with E-state index < -0.39 is 29.9 Å². The number of hydrogen-bond donors (Lipinski definition) is 3. The van der Waals surface area contributed by atoms with E-state index in [0.29, 0.717) is 42.4 Å². The average Bonchev–Trinajstić information content (AvgIpc) is 2.78. The van der Waals surface area contributed by atoms with Gasteiger partial charge in [0.1, 0.15) is 12.4 Å². The normalized spacial score (nSPS) is 15.5. The first kappa shape index (κ1) is 25.8. The van der Waals surface area contributed by atoms with Gasteiger partial charge in [-0.25, -0.2) is 0 Å². The molecule has 0 saturated carbocycles. The number of hydrogen-bond acceptors (Lipinski definition) is 6. The van der Waals surface area contributed by atoms with Crippen molar-refractivity contribution >= 4 is 11.6 Å². The van der Waals surface area contributed by atoms with Crippen LogP contribution in [0.25, 0.3) is 0 Å². The number of aromatic nitrogens is 1. The maximum absolute atomic E-state index is 14.1. The number of rotatable bonds is 7. The summed E-state index contributed by atoms with van der Waals surface area (Å²) < 4.78 is 47.8. The van der Waals surface area contributed by atoms with Gasteiger partial charge in [-0.1, -0.05) is 13.8 Å². The largest absolute Gasteiger partial charge is 0.490 e. The number of amides is 1. The van der Waals surface area contributed by atoms with Crippen LogP contribution in [0.4, 0.5) is 18.9 Å². The number of aliphatic hydroxyl groups excluding tert-OH is 1. The van der Waals surface area contributed by atoms with Crippen LogP contribution in [0.15, 0.2) is 24.3 Å². The molecular weight excluding hydrogens is 451 g/mol. The van der Waals surface area contributed by atoms with Crippen LogP contribution in [0.2, 0.25) is 0 Å². The topological polar surface area (TPSA) is 94.9 Å². The highest BCUT2D eigenvalue weighted by atomic mass is 19.4. The Morgan fingerprint density at radius 3 is 2.59 bits per heavy atom. The van der Waals surface area contributed by atoms with Crippen molar-refractivity contribution in [2.24, 2.45) is 0 Å². The Bertz CT molecular complexity index is 1060. The minimum Gasteiger partial charge on any atom is -0.490 e. The molecule has 34 heavy (non-hydrogen) atoms. The standard InChI is InChI=1S/C24H30F3N3O4/c1-14(2)18-12-21(29-16(4)15(18)3)23(33,24(25,26)27)13-28-22(32)17-5-6-19-20(11-17)34-10-8-30(19)7-9-31/h5-6,11-12,14,31,33H,7-10,13H2,1-4H3,(H,28,32). The quantitative estimate of drug-likeness (QED) is 0.562. The van der Waals surface area contributed by atoms with Crippen molar-refractivity contribution in [1.82, 2.24) is 10.3 Å². The third-order valence-electron chi connectivity index (χ3n) is 6.13. The highest BCUT2D eigenvalue weighted by molar-refractivity contribution is 5.95. The van der Waals surface area contributed by atoms with Crippen molar-refractivity contribution in [3.63, 3.8) is 0 Å². The fourth-order valence-electron chi connectivity index (χ4n) is 3.99. The maximum Gasteiger partial charge on any atom is 0.424 e. The van der Waals surface area contributed by atoms with E-state index in [1.165, 1.54) is 18.2 Å². The zero-order valence-corrected chi connectivity index (χ0v) is 19.7. The summed E-state index contributed by atoms with van der Waals surface area (Å²) in [5, 5.41) is 22.2. The van der Waals surface area contributed by atoms with Gasteiger partial charge in [0.25, 0.3) is 5.91 Å². The summed E-state index contributed by atoms with van der Waals surface area (Å²) in [6, 6.07) is 5.78. The minimum absolute atomic E-state index is 0.0528. The zero-order valence-electron chi connectivity index (χ0n) is 19.7. The smallest absolute Gasteiger partial charge is 0.424 e. The van der Waals surface area contributed by atoms with Crippen molar-refractivity contribution in [3.05, 3.63) is 52.3 Å². The molecular formula is C24H30F3N3O4. The van der Waals surface area contributed by atoms with Gasteiger partial charge in [0.2, 0.25) is 5.60 Å². The molecule has 186 valence electrons. The lowest BCUT2D eigenvalue weighted by Crippen LogP contribution is -2.51. The maximum atomic E-state index is 14.1. The van der Waals surface area contributed by atoms with Crippen LogP contribution in [0.1, 0.15) is 52.6 Å². The Labute approximate surface area is 196 Å². The van der Waals surface area contributed by atoms with Crippen LogP contribution in [-0.4, -0.2) is 60.1 Å². The molecule has 7 nitrogen and oxygen atoms in total. The lowest BCUT2D eigenvalue weighted by Gasteiger charge is -2.32. The molecule has 1 atom stereocenters. The molecule has 3 rings (SSSR count). The summed E-state index contributed by atoms with van der Waals surface area (Å²) in [4.78, 5) is 18.6. The molecule has 3 N–H and O–H groups in total. The van der Waals surface area contributed by atoms with Crippen molar-refractivity contribution < 1.29 is 32.9 Å². The van der Waals surface area contributed by atoms with E-state index in [9.17, 15) is 28.2 Å². The molecule has 1 amide bonds. The highest BCUT2D eigenvalue weighted by Gasteiger charge is 2.56. The third-order valence-corrected chi connectivity index (χ3v) is 6.13. The molecule has 0 bridgehead atoms. The number of nitrogens with zero attached hydrogens (tertiary/aromatic N) is 2. The number of anilines is 1. The summed E-state index contributed by atoms with van der Waals surface area (Å²) >= 11 is 0. The van der Waals surface area contributed by atoms with Crippen LogP contribution in [0.3, 0.4) is 0 Å². The summed E-state index contributed by atoms with van der Waals surface area (Å²) in [7, 11) is 0. The molecule has 0 aliphatic carbocycles. The van der Waals surface area contributed by atoms with Gasteiger partial charge in [0.15, 0.2) is 0 Å². The van der Waals surface area contributed by atoms with E-state index in [-0.39, 0.29) is 18.1 Å². The Kier molecular flexibility index (Phi) is 7.42. The second kappa shape index (κ2) is 9.79. The predicted molar refractivity (Wildman–Crippen MR) is 121 cm³/mol. The lowest BCUT2D eigenvalue weighted by atomic mass is 9.90. The number of carbonyl (C=O) groups excluding carboxylic acids is 1. The number of ether oxygens (including phenoxy) is 1. The van der Waals surface area contributed by atoms with E-state index >= 15 is 0 Å². The molecule has 2 aromatic rings. The van der Waals surface area contributed by atoms with Gasteiger partial charge in [-0.2, -0.15) is 13.2 Å². The molecule has 1 unspecified atom stereocenters. The van der Waals surface area contributed by atoms with Gasteiger partial charge in [-0.3, -0.25) is 9.78 Å². The third kappa shape index (κ3) is 4.97. The van der Waals surface area contributed by atoms with Gasteiger partial charge in [-0.15, -0.1) is 0 Å². The SMILES string of the molecule is Cc1nc(C(O)(CNC(=O)c2ccc3c(c2)OCCN3CCO)C(F)(F)F)cc(C(C)C)c1C. The van der Waals surface area contributed by atoms with E-state index in [2.05, 4.69) is 10.3 Å². The number of aryl methyl sites for hydroxylation is 1. The van der Waals surface area contributed by atoms with E-state index in [0.717, 1.165) is 5.56 Å². The number of pyridine rings is 1. The van der Waals surface area contributed by atoms with Crippen LogP contribution in [0.5, 0.6) is 5.75 Å². The van der Waals surface area contributed by atoms with Crippen LogP contribution < -0.4 is 15.0 Å². The molecule has 0 radical (unpaired) electrons. The highest BCUT2D eigenvalue weighted by Crippen LogP contribution is 2.39. The number of halogens is 3. The first-order valence-corrected chi connectivity index (χ1v) is 11.1. The first-order valence-electron chi connectivity index (χ1n) is 11.1. The number of carbonyl (C=O) groups is 1. The fraction of sp³-hybridized carbons (Fsp3) is 0.500. The number of alkyl halides is 3. The van der Waals surface area contributed by atoms with Gasteiger partial charge in [0.05, 0.1) is 31.1 Å². The van der Waals surface area contributed by atoms with Crippen molar-refractivity contribution in [3.8, 4) is 5.75 Å². The van der Waals surface area contributed by atoms with Crippen LogP contribution >= 0.6 is 0 Å². The second-order valence-electron chi connectivity index (χ2n) is 8.74. The lowest BCUT2D eigenvalue weighted by molar-refractivity contribution is -0.265. The van der Waals surface area contributed by atoms with Crippen molar-refractivity contribution in [2.45, 2.75) is 45.4 Å². The molecule has 1 aliphatic heterocycles. The number of fused-ring (bicyclic) bond motifs is 1. The predicted octanol–water partition coefficient (Wildman–Crippen LogP) is 3.19. The average molecular weight is 482 g/mol. The van der Waals surface area contributed by atoms with Crippen molar-refractivity contribution in [1.29, 1.82) is 0 Å². The van der Waals surface area contributed by atoms with Gasteiger partial charge >= 0.3 is 6.18 Å². The molecule has 0 spiro atoms. The number of nitrogens with one attached hydrogen (secondary N) is 1. The Morgan fingerprint density at radius 2 is 1.97 bits per heavy atom. The monoisotopic (exact) mass is 481 g/mol. The molecule has 2 heterocycles. The van der Waals surface area contributed by atoms with Gasteiger partial charge < -0.3 is 25.2 Å². The molecule has 1 aromatic heterocycles. The Balaban J connectivity index is 1.87. The van der Waals surface area contributed by atoms with E-state index in [1.54, 1.807) is 19.9 Å². The molecule has 1 aliphatic rings. The summed E-state index contributed by atoms with van der Waals surface area (Å²) in [6.45, 7) is 7.21. The first-order chi connectivity index (χ1) is 15.9. The van der Waals surface area contributed by atoms with Crippen molar-refractivity contribution in [2.75, 3.05) is 37.7 Å². The second-order valence-corrected chi connectivity index (χ2v) is 8.74. The minimum atomic E-state index is -5.08. The molecule has 10 heteroatoms. The van der Waals surface area contributed by atoms with Gasteiger partial charge in [0, 0.05) is 17.8 Å². The number of aliphatic hydroxyl groups is 2. The fourth-order valence-corrected chi connectivity index (χ4v) is 3.99. The van der Waals surface area contributed by atoms with E-state index in [4.69, 9.17) is 4.74 Å². The molecule has 0 fully saturated rings. The number of β-amino-alcohol motifs (C(OH)–C–C–N with tert-alkyl or cyclic N) is 1. The summed E-state index contributed by atoms with van der Waals surface area (Å²) in [5.74, 6) is -0.467. The summed E-state index contributed by atoms with van der Waals surface area (Å²) in [5.41, 5.74) is -1.36. The molecule has 1 aromatic carbocycles. The number of benzene rings is 1. The molecule has 0 saturated heterocycles. The Morgan fingerprint density at radius 1 is 1.26 bits per heavy atom. The zero-order chi connectivity index (χ0) is 25.3. The summed E-state index contributed by atoms with van der Waals surface area (Å²) in [6.07, 6.45) is -5.08. The van der Waals surface area contributed by atoms with E-state index in [1.807, 2.05) is 18.7 Å². The van der Waals surface area contributed by atoms with Crippen LogP contribution in [0, 0.1) is 13.8 Å². The Hall–Kier alpha value is -2.85.